The van der Waals surface area contributed by atoms with Crippen LogP contribution in [0.1, 0.15) is 26.2 Å². The van der Waals surface area contributed by atoms with E-state index < -0.39 is 0 Å². The average molecular weight is 184 g/mol. The van der Waals surface area contributed by atoms with Gasteiger partial charge in [0.15, 0.2) is 0 Å². The summed E-state index contributed by atoms with van der Waals surface area (Å²) < 4.78 is 0. The monoisotopic (exact) mass is 184 g/mol. The second-order valence-corrected chi connectivity index (χ2v) is 4.04. The maximum Gasteiger partial charge on any atom is 0.229 e. The molecule has 1 rings (SSSR count). The molecule has 1 saturated carbocycles. The maximum absolute atomic E-state index is 11.9. The summed E-state index contributed by atoms with van der Waals surface area (Å²) in [5, 5.41) is 3.10. The predicted molar refractivity (Wildman–Crippen MR) is 53.5 cm³/mol. The van der Waals surface area contributed by atoms with Crippen LogP contribution < -0.4 is 5.32 Å². The first-order valence-electron chi connectivity index (χ1n) is 5.06. The lowest BCUT2D eigenvalue weighted by Crippen LogP contribution is -2.39. The van der Waals surface area contributed by atoms with Gasteiger partial charge in [-0.25, -0.2) is 0 Å². The minimum absolute atomic E-state index is 0.0430. The van der Waals surface area contributed by atoms with Gasteiger partial charge >= 0.3 is 0 Å². The van der Waals surface area contributed by atoms with Gasteiger partial charge in [0.05, 0.1) is 5.41 Å². The normalized spacial score (nSPS) is 18.4. The zero-order valence-corrected chi connectivity index (χ0v) is 8.89. The van der Waals surface area contributed by atoms with Crippen LogP contribution in [0.25, 0.3) is 0 Å². The Morgan fingerprint density at radius 2 is 2.15 bits per heavy atom. The van der Waals surface area contributed by atoms with Crippen molar-refractivity contribution in [1.29, 1.82) is 0 Å². The number of amides is 1. The summed E-state index contributed by atoms with van der Waals surface area (Å²) in [6, 6.07) is 0. The van der Waals surface area contributed by atoms with Crippen LogP contribution >= 0.6 is 0 Å². The third-order valence-electron chi connectivity index (χ3n) is 2.73. The highest BCUT2D eigenvalue weighted by Gasteiger charge is 2.50. The van der Waals surface area contributed by atoms with Gasteiger partial charge in [0.2, 0.25) is 5.91 Å². The lowest BCUT2D eigenvalue weighted by molar-refractivity contribution is -0.135. The molecule has 1 fully saturated rings. The van der Waals surface area contributed by atoms with Gasteiger partial charge in [0.1, 0.15) is 0 Å². The first kappa shape index (κ1) is 10.5. The number of carbonyl (C=O) groups is 1. The molecule has 0 spiro atoms. The van der Waals surface area contributed by atoms with Crippen molar-refractivity contribution in [2.24, 2.45) is 5.41 Å². The van der Waals surface area contributed by atoms with Crippen molar-refractivity contribution in [3.8, 4) is 0 Å². The van der Waals surface area contributed by atoms with Crippen molar-refractivity contribution in [2.45, 2.75) is 26.2 Å². The van der Waals surface area contributed by atoms with Gasteiger partial charge in [0, 0.05) is 20.1 Å². The van der Waals surface area contributed by atoms with Crippen LogP contribution in [0.5, 0.6) is 0 Å². The van der Waals surface area contributed by atoms with Gasteiger partial charge in [-0.3, -0.25) is 4.79 Å². The third kappa shape index (κ3) is 2.21. The smallest absolute Gasteiger partial charge is 0.229 e. The molecule has 1 amide bonds. The van der Waals surface area contributed by atoms with Crippen molar-refractivity contribution in [3.05, 3.63) is 0 Å². The number of hydrogen-bond donors (Lipinski definition) is 1. The van der Waals surface area contributed by atoms with E-state index in [1.807, 2.05) is 19.0 Å². The summed E-state index contributed by atoms with van der Waals surface area (Å²) in [4.78, 5) is 13.8. The summed E-state index contributed by atoms with van der Waals surface area (Å²) in [6.45, 7) is 3.81. The lowest BCUT2D eigenvalue weighted by Gasteiger charge is -2.22. The molecule has 0 heterocycles. The fraction of sp³-hybridized carbons (Fsp3) is 0.900. The number of hydrogen-bond acceptors (Lipinski definition) is 2. The summed E-state index contributed by atoms with van der Waals surface area (Å²) in [5.74, 6) is 0.323. The van der Waals surface area contributed by atoms with Crippen molar-refractivity contribution in [2.75, 3.05) is 27.2 Å². The van der Waals surface area contributed by atoms with Gasteiger partial charge < -0.3 is 10.2 Å². The molecule has 0 aromatic rings. The number of carbonyl (C=O) groups excluding carboxylic acids is 1. The van der Waals surface area contributed by atoms with E-state index in [9.17, 15) is 4.79 Å². The van der Waals surface area contributed by atoms with Gasteiger partial charge in [-0.05, 0) is 26.3 Å². The van der Waals surface area contributed by atoms with Gasteiger partial charge in [-0.15, -0.1) is 0 Å². The molecule has 1 N–H and O–H groups in total. The number of nitrogens with zero attached hydrogens (tertiary/aromatic N) is 1. The molecule has 0 aromatic carbocycles. The fourth-order valence-electron chi connectivity index (χ4n) is 1.80. The van der Waals surface area contributed by atoms with Crippen molar-refractivity contribution < 1.29 is 4.79 Å². The minimum Gasteiger partial charge on any atom is -0.345 e. The molecule has 0 aromatic heterocycles. The molecule has 0 saturated heterocycles. The third-order valence-corrected chi connectivity index (χ3v) is 2.73. The van der Waals surface area contributed by atoms with E-state index in [-0.39, 0.29) is 5.41 Å². The molecule has 13 heavy (non-hydrogen) atoms. The minimum atomic E-state index is -0.0430. The van der Waals surface area contributed by atoms with Gasteiger partial charge in [-0.1, -0.05) is 6.92 Å². The van der Waals surface area contributed by atoms with Crippen molar-refractivity contribution in [1.82, 2.24) is 10.2 Å². The highest BCUT2D eigenvalue weighted by atomic mass is 16.2. The van der Waals surface area contributed by atoms with Crippen molar-refractivity contribution in [3.63, 3.8) is 0 Å². The summed E-state index contributed by atoms with van der Waals surface area (Å²) in [7, 11) is 3.81. The molecule has 3 nitrogen and oxygen atoms in total. The predicted octanol–water partition coefficient (Wildman–Crippen LogP) is 0.854. The van der Waals surface area contributed by atoms with Crippen LogP contribution in [-0.2, 0) is 4.79 Å². The summed E-state index contributed by atoms with van der Waals surface area (Å²) in [6.07, 6.45) is 3.15. The molecular formula is C10H20N2O. The first-order valence-corrected chi connectivity index (χ1v) is 5.06. The largest absolute Gasteiger partial charge is 0.345 e. The van der Waals surface area contributed by atoms with Gasteiger partial charge in [-0.2, -0.15) is 0 Å². The topological polar surface area (TPSA) is 32.3 Å². The van der Waals surface area contributed by atoms with E-state index in [2.05, 4.69) is 12.2 Å². The van der Waals surface area contributed by atoms with Crippen LogP contribution in [0.2, 0.25) is 0 Å². The molecule has 0 bridgehead atoms. The Morgan fingerprint density at radius 3 is 2.54 bits per heavy atom. The molecular weight excluding hydrogens is 164 g/mol. The van der Waals surface area contributed by atoms with E-state index in [0.717, 1.165) is 32.4 Å². The number of rotatable bonds is 5. The van der Waals surface area contributed by atoms with E-state index in [1.165, 1.54) is 0 Å². The maximum atomic E-state index is 11.9. The van der Waals surface area contributed by atoms with Crippen molar-refractivity contribution >= 4 is 5.91 Å². The van der Waals surface area contributed by atoms with E-state index >= 15 is 0 Å². The van der Waals surface area contributed by atoms with E-state index in [0.29, 0.717) is 5.91 Å². The molecule has 3 heteroatoms. The highest BCUT2D eigenvalue weighted by Crippen LogP contribution is 2.46. The van der Waals surface area contributed by atoms with Crippen LogP contribution in [0.15, 0.2) is 0 Å². The van der Waals surface area contributed by atoms with Crippen LogP contribution in [-0.4, -0.2) is 38.0 Å². The first-order chi connectivity index (χ1) is 6.16. The Labute approximate surface area is 80.5 Å². The van der Waals surface area contributed by atoms with E-state index in [4.69, 9.17) is 0 Å². The quantitative estimate of drug-likeness (QED) is 0.687. The number of nitrogens with one attached hydrogen (secondary N) is 1. The van der Waals surface area contributed by atoms with Crippen LogP contribution in [0, 0.1) is 5.41 Å². The Bertz CT molecular complexity index is 187. The molecule has 0 aliphatic heterocycles. The van der Waals surface area contributed by atoms with E-state index in [1.54, 1.807) is 0 Å². The Hall–Kier alpha value is -0.570. The standard InChI is InChI=1S/C10H20N2O/c1-4-7-12(3)9(13)10(5-6-10)8-11-2/h11H,4-8H2,1-3H3. The lowest BCUT2D eigenvalue weighted by atomic mass is 10.1. The fourth-order valence-corrected chi connectivity index (χ4v) is 1.80. The molecule has 0 radical (unpaired) electrons. The molecule has 1 aliphatic rings. The molecule has 1 aliphatic carbocycles. The zero-order chi connectivity index (χ0) is 9.90. The molecule has 0 unspecified atom stereocenters. The second-order valence-electron chi connectivity index (χ2n) is 4.04. The molecule has 0 atom stereocenters. The highest BCUT2D eigenvalue weighted by molar-refractivity contribution is 5.85. The second kappa shape index (κ2) is 4.09. The van der Waals surface area contributed by atoms with Crippen LogP contribution in [0.3, 0.4) is 0 Å². The average Bonchev–Trinajstić information content (AvgIpc) is 2.86. The Balaban J connectivity index is 2.46. The Kier molecular flexibility index (Phi) is 3.31. The summed E-state index contributed by atoms with van der Waals surface area (Å²) in [5.41, 5.74) is -0.0430. The SMILES string of the molecule is CCCN(C)C(=O)C1(CNC)CC1. The zero-order valence-electron chi connectivity index (χ0n) is 8.89. The molecule has 76 valence electrons. The van der Waals surface area contributed by atoms with Crippen LogP contribution in [0.4, 0.5) is 0 Å². The van der Waals surface area contributed by atoms with Gasteiger partial charge in [0.25, 0.3) is 0 Å². The Morgan fingerprint density at radius 1 is 1.54 bits per heavy atom. The summed E-state index contributed by atoms with van der Waals surface area (Å²) >= 11 is 0.